The molecule has 0 heterocycles. The molecule has 0 aromatic heterocycles. The molecule has 4 atom stereocenters. The molecule has 1 fully saturated rings. The highest BCUT2D eigenvalue weighted by atomic mass is 32.2. The van der Waals surface area contributed by atoms with Gasteiger partial charge in [-0.3, -0.25) is 9.59 Å². The van der Waals surface area contributed by atoms with Crippen LogP contribution < -0.4 is 5.73 Å². The Hall–Kier alpha value is -1.53. The summed E-state index contributed by atoms with van der Waals surface area (Å²) in [7, 11) is 0. The molecule has 0 saturated heterocycles. The van der Waals surface area contributed by atoms with Gasteiger partial charge in [0.25, 0.3) is 0 Å². The van der Waals surface area contributed by atoms with Crippen LogP contribution in [0.4, 0.5) is 0 Å². The maximum atomic E-state index is 11.1. The molecule has 0 spiro atoms. The van der Waals surface area contributed by atoms with Gasteiger partial charge in [0, 0.05) is 10.8 Å². The van der Waals surface area contributed by atoms with Gasteiger partial charge in [0.2, 0.25) is 0 Å². The molecule has 2 rings (SSSR count). The fourth-order valence-corrected chi connectivity index (χ4v) is 3.58. The molecule has 0 radical (unpaired) electrons. The van der Waals surface area contributed by atoms with Crippen LogP contribution in [-0.4, -0.2) is 33.9 Å². The summed E-state index contributed by atoms with van der Waals surface area (Å²) in [6.45, 7) is 0. The first kappa shape index (κ1) is 14.9. The topological polar surface area (TPSA) is 101 Å². The summed E-state index contributed by atoms with van der Waals surface area (Å²) in [6.07, 6.45) is 0.669. The van der Waals surface area contributed by atoms with Gasteiger partial charge in [-0.25, -0.2) is 0 Å². The summed E-state index contributed by atoms with van der Waals surface area (Å²) in [5.74, 6) is -2.49. The van der Waals surface area contributed by atoms with Crippen LogP contribution in [0, 0.1) is 17.8 Å². The van der Waals surface area contributed by atoms with Crippen molar-refractivity contribution in [2.24, 2.45) is 23.5 Å². The number of thioether (sulfide) groups is 1. The third-order valence-electron chi connectivity index (χ3n) is 3.68. The Morgan fingerprint density at radius 1 is 1.25 bits per heavy atom. The Balaban J connectivity index is 1.86. The lowest BCUT2D eigenvalue weighted by Crippen LogP contribution is -2.34. The Morgan fingerprint density at radius 2 is 1.90 bits per heavy atom. The number of carbonyl (C=O) groups is 2. The van der Waals surface area contributed by atoms with Gasteiger partial charge in [0.05, 0.1) is 5.92 Å². The second kappa shape index (κ2) is 6.28. The van der Waals surface area contributed by atoms with Gasteiger partial charge < -0.3 is 15.9 Å². The maximum Gasteiger partial charge on any atom is 0.320 e. The lowest BCUT2D eigenvalue weighted by Gasteiger charge is -2.05. The van der Waals surface area contributed by atoms with Gasteiger partial charge >= 0.3 is 11.9 Å². The highest BCUT2D eigenvalue weighted by Crippen LogP contribution is 2.51. The van der Waals surface area contributed by atoms with Crippen molar-refractivity contribution >= 4 is 23.7 Å². The minimum atomic E-state index is -1.13. The van der Waals surface area contributed by atoms with E-state index in [1.54, 1.807) is 11.8 Å². The van der Waals surface area contributed by atoms with E-state index in [1.165, 1.54) is 0 Å². The van der Waals surface area contributed by atoms with E-state index in [0.717, 1.165) is 10.6 Å². The van der Waals surface area contributed by atoms with Crippen LogP contribution in [0.3, 0.4) is 0 Å². The Labute approximate surface area is 121 Å². The van der Waals surface area contributed by atoms with E-state index in [1.807, 2.05) is 30.3 Å². The van der Waals surface area contributed by atoms with Crippen LogP contribution in [-0.2, 0) is 9.59 Å². The smallest absolute Gasteiger partial charge is 0.320 e. The summed E-state index contributed by atoms with van der Waals surface area (Å²) in [4.78, 5) is 23.1. The zero-order valence-electron chi connectivity index (χ0n) is 10.8. The molecule has 0 bridgehead atoms. The zero-order chi connectivity index (χ0) is 14.7. The molecule has 6 heteroatoms. The van der Waals surface area contributed by atoms with E-state index >= 15 is 0 Å². The molecular formula is C14H17NO4S. The SMILES string of the molecule is N[C@H](C(=O)O)[C@H]1[C@@H](CCSc2ccccc2)[C@@H]1C(=O)O. The van der Waals surface area contributed by atoms with Crippen molar-refractivity contribution in [1.29, 1.82) is 0 Å². The monoisotopic (exact) mass is 295 g/mol. The van der Waals surface area contributed by atoms with Crippen molar-refractivity contribution in [2.75, 3.05) is 5.75 Å². The molecule has 4 N–H and O–H groups in total. The fraction of sp³-hybridized carbons (Fsp3) is 0.429. The normalized spacial score (nSPS) is 25.9. The van der Waals surface area contributed by atoms with Gasteiger partial charge in [-0.15, -0.1) is 11.8 Å². The summed E-state index contributed by atoms with van der Waals surface area (Å²) in [6, 6.07) is 8.74. The van der Waals surface area contributed by atoms with E-state index in [9.17, 15) is 9.59 Å². The minimum absolute atomic E-state index is 0.130. The van der Waals surface area contributed by atoms with Gasteiger partial charge in [-0.05, 0) is 30.2 Å². The molecule has 1 aromatic carbocycles. The molecule has 0 amide bonds. The standard InChI is InChI=1S/C14H17NO4S/c15-12(14(18)19)10-9(11(10)13(16)17)6-7-20-8-4-2-1-3-5-8/h1-5,9-12H,6-7,15H2,(H,16,17)(H,18,19)/t9-,10+,11+,12+/m1/s1. The fourth-order valence-electron chi connectivity index (χ4n) is 2.60. The van der Waals surface area contributed by atoms with Crippen molar-refractivity contribution in [1.82, 2.24) is 0 Å². The number of carboxylic acid groups (broad SMARTS) is 2. The summed E-state index contributed by atoms with van der Waals surface area (Å²) in [5, 5.41) is 18.0. The van der Waals surface area contributed by atoms with Crippen LogP contribution in [0.25, 0.3) is 0 Å². The van der Waals surface area contributed by atoms with Crippen LogP contribution >= 0.6 is 11.8 Å². The van der Waals surface area contributed by atoms with E-state index in [2.05, 4.69) is 0 Å². The van der Waals surface area contributed by atoms with Crippen molar-refractivity contribution in [2.45, 2.75) is 17.4 Å². The van der Waals surface area contributed by atoms with E-state index in [-0.39, 0.29) is 5.92 Å². The number of nitrogens with two attached hydrogens (primary N) is 1. The quantitative estimate of drug-likeness (QED) is 0.659. The molecule has 108 valence electrons. The third-order valence-corrected chi connectivity index (χ3v) is 4.72. The number of benzene rings is 1. The summed E-state index contributed by atoms with van der Waals surface area (Å²) < 4.78 is 0. The van der Waals surface area contributed by atoms with Gasteiger partial charge in [-0.2, -0.15) is 0 Å². The molecule has 5 nitrogen and oxygen atoms in total. The average Bonchev–Trinajstić information content (AvgIpc) is 3.13. The van der Waals surface area contributed by atoms with E-state index in [0.29, 0.717) is 6.42 Å². The van der Waals surface area contributed by atoms with Crippen molar-refractivity contribution in [3.8, 4) is 0 Å². The lowest BCUT2D eigenvalue weighted by molar-refractivity contribution is -0.140. The largest absolute Gasteiger partial charge is 0.481 e. The predicted octanol–water partition coefficient (Wildman–Crippen LogP) is 1.53. The predicted molar refractivity (Wildman–Crippen MR) is 75.5 cm³/mol. The third kappa shape index (κ3) is 3.32. The second-order valence-corrected chi connectivity index (χ2v) is 6.09. The summed E-state index contributed by atoms with van der Waals surface area (Å²) >= 11 is 1.64. The van der Waals surface area contributed by atoms with Gasteiger partial charge in [-0.1, -0.05) is 18.2 Å². The number of hydrogen-bond acceptors (Lipinski definition) is 4. The highest BCUT2D eigenvalue weighted by Gasteiger charge is 2.58. The molecule has 1 saturated carbocycles. The average molecular weight is 295 g/mol. The number of carboxylic acids is 2. The van der Waals surface area contributed by atoms with Crippen LogP contribution in [0.15, 0.2) is 35.2 Å². The van der Waals surface area contributed by atoms with E-state index in [4.69, 9.17) is 15.9 Å². The van der Waals surface area contributed by atoms with Crippen LogP contribution in [0.5, 0.6) is 0 Å². The summed E-state index contributed by atoms with van der Waals surface area (Å²) in [5.41, 5.74) is 5.55. The maximum absolute atomic E-state index is 11.1. The van der Waals surface area contributed by atoms with Crippen molar-refractivity contribution < 1.29 is 19.8 Å². The van der Waals surface area contributed by atoms with E-state index < -0.39 is 29.8 Å². The Morgan fingerprint density at radius 3 is 2.45 bits per heavy atom. The molecule has 0 aliphatic heterocycles. The minimum Gasteiger partial charge on any atom is -0.481 e. The molecule has 20 heavy (non-hydrogen) atoms. The van der Waals surface area contributed by atoms with Crippen LogP contribution in [0.2, 0.25) is 0 Å². The number of hydrogen-bond donors (Lipinski definition) is 3. The molecular weight excluding hydrogens is 278 g/mol. The molecule has 1 aliphatic rings. The second-order valence-electron chi connectivity index (χ2n) is 4.92. The zero-order valence-corrected chi connectivity index (χ0v) is 11.6. The Bertz CT molecular complexity index is 493. The molecule has 0 unspecified atom stereocenters. The van der Waals surface area contributed by atoms with Gasteiger partial charge in [0.1, 0.15) is 6.04 Å². The first-order chi connectivity index (χ1) is 9.52. The molecule has 1 aliphatic carbocycles. The highest BCUT2D eigenvalue weighted by molar-refractivity contribution is 7.99. The van der Waals surface area contributed by atoms with Crippen molar-refractivity contribution in [3.05, 3.63) is 30.3 Å². The van der Waals surface area contributed by atoms with Crippen LogP contribution in [0.1, 0.15) is 6.42 Å². The first-order valence-corrected chi connectivity index (χ1v) is 7.40. The first-order valence-electron chi connectivity index (χ1n) is 6.41. The lowest BCUT2D eigenvalue weighted by atomic mass is 10.1. The number of rotatable bonds is 7. The number of aliphatic carboxylic acids is 2. The van der Waals surface area contributed by atoms with Gasteiger partial charge in [0.15, 0.2) is 0 Å². The Kier molecular flexibility index (Phi) is 4.67. The molecule has 1 aromatic rings. The van der Waals surface area contributed by atoms with Crippen molar-refractivity contribution in [3.63, 3.8) is 0 Å².